The average molecular weight is 188 g/mol. The summed E-state index contributed by atoms with van der Waals surface area (Å²) >= 11 is 0. The van der Waals surface area contributed by atoms with Crippen molar-refractivity contribution in [3.8, 4) is 0 Å². The first kappa shape index (κ1) is 8.50. The summed E-state index contributed by atoms with van der Waals surface area (Å²) in [6, 6.07) is 3.60. The van der Waals surface area contributed by atoms with Gasteiger partial charge < -0.3 is 8.83 Å². The SMILES string of the molecule is C(=N/N=C\c1ccoc1)/c1ccoc1. The van der Waals surface area contributed by atoms with E-state index in [0.29, 0.717) is 0 Å². The van der Waals surface area contributed by atoms with Gasteiger partial charge >= 0.3 is 0 Å². The average Bonchev–Trinajstić information content (AvgIpc) is 2.86. The second-order valence-electron chi connectivity index (χ2n) is 2.60. The summed E-state index contributed by atoms with van der Waals surface area (Å²) < 4.78 is 9.72. The number of rotatable bonds is 3. The Kier molecular flexibility index (Phi) is 2.56. The molecule has 2 rings (SSSR count). The molecule has 0 spiro atoms. The summed E-state index contributed by atoms with van der Waals surface area (Å²) in [7, 11) is 0. The molecular weight excluding hydrogens is 180 g/mol. The van der Waals surface area contributed by atoms with Gasteiger partial charge in [0.15, 0.2) is 0 Å². The molecule has 0 unspecified atom stereocenters. The number of hydrogen-bond donors (Lipinski definition) is 0. The van der Waals surface area contributed by atoms with Gasteiger partial charge in [0, 0.05) is 11.1 Å². The predicted octanol–water partition coefficient (Wildman–Crippen LogP) is 2.33. The van der Waals surface area contributed by atoms with E-state index < -0.39 is 0 Å². The van der Waals surface area contributed by atoms with Crippen LogP contribution in [0.4, 0.5) is 0 Å². The Morgan fingerprint density at radius 2 is 1.36 bits per heavy atom. The highest BCUT2D eigenvalue weighted by atomic mass is 16.3. The van der Waals surface area contributed by atoms with Crippen molar-refractivity contribution < 1.29 is 8.83 Å². The fraction of sp³-hybridized carbons (Fsp3) is 0. The normalized spacial score (nSPS) is 11.7. The van der Waals surface area contributed by atoms with Crippen molar-refractivity contribution in [2.75, 3.05) is 0 Å². The first-order valence-corrected chi connectivity index (χ1v) is 4.06. The lowest BCUT2D eigenvalue weighted by atomic mass is 10.4. The van der Waals surface area contributed by atoms with Gasteiger partial charge in [-0.25, -0.2) is 0 Å². The van der Waals surface area contributed by atoms with Gasteiger partial charge in [-0.1, -0.05) is 0 Å². The molecule has 14 heavy (non-hydrogen) atoms. The topological polar surface area (TPSA) is 51.0 Å². The van der Waals surface area contributed by atoms with Crippen molar-refractivity contribution in [3.63, 3.8) is 0 Å². The predicted molar refractivity (Wildman–Crippen MR) is 52.6 cm³/mol. The maximum absolute atomic E-state index is 4.86. The first-order chi connectivity index (χ1) is 6.95. The number of nitrogens with zero attached hydrogens (tertiary/aromatic N) is 2. The van der Waals surface area contributed by atoms with Crippen LogP contribution in [-0.2, 0) is 0 Å². The molecule has 4 heteroatoms. The van der Waals surface area contributed by atoms with Gasteiger partial charge in [-0.15, -0.1) is 0 Å². The largest absolute Gasteiger partial charge is 0.472 e. The number of hydrogen-bond acceptors (Lipinski definition) is 4. The van der Waals surface area contributed by atoms with Crippen LogP contribution in [0, 0.1) is 0 Å². The highest BCUT2D eigenvalue weighted by molar-refractivity contribution is 5.81. The zero-order chi connectivity index (χ0) is 9.64. The van der Waals surface area contributed by atoms with Crippen LogP contribution in [0.1, 0.15) is 11.1 Å². The summed E-state index contributed by atoms with van der Waals surface area (Å²) in [4.78, 5) is 0. The van der Waals surface area contributed by atoms with Crippen LogP contribution in [-0.4, -0.2) is 12.4 Å². The van der Waals surface area contributed by atoms with E-state index in [-0.39, 0.29) is 0 Å². The lowest BCUT2D eigenvalue weighted by Gasteiger charge is -1.79. The van der Waals surface area contributed by atoms with E-state index in [0.717, 1.165) is 11.1 Å². The molecule has 0 aliphatic carbocycles. The van der Waals surface area contributed by atoms with E-state index in [9.17, 15) is 0 Å². The molecule has 0 aromatic carbocycles. The molecule has 0 atom stereocenters. The Labute approximate surface area is 80.6 Å². The summed E-state index contributed by atoms with van der Waals surface area (Å²) in [5.41, 5.74) is 1.77. The summed E-state index contributed by atoms with van der Waals surface area (Å²) in [5, 5.41) is 7.66. The molecule has 0 radical (unpaired) electrons. The fourth-order valence-electron chi connectivity index (χ4n) is 0.897. The van der Waals surface area contributed by atoms with E-state index >= 15 is 0 Å². The minimum atomic E-state index is 0.884. The van der Waals surface area contributed by atoms with E-state index in [1.54, 1.807) is 49.6 Å². The van der Waals surface area contributed by atoms with Crippen LogP contribution in [0.2, 0.25) is 0 Å². The molecule has 2 aromatic heterocycles. The zero-order valence-corrected chi connectivity index (χ0v) is 7.33. The minimum Gasteiger partial charge on any atom is -0.472 e. The van der Waals surface area contributed by atoms with Gasteiger partial charge in [-0.05, 0) is 12.1 Å². The van der Waals surface area contributed by atoms with Crippen LogP contribution in [0.25, 0.3) is 0 Å². The van der Waals surface area contributed by atoms with Crippen molar-refractivity contribution in [2.24, 2.45) is 10.2 Å². The third-order valence-electron chi connectivity index (χ3n) is 1.57. The highest BCUT2D eigenvalue weighted by Crippen LogP contribution is 1.97. The molecule has 0 bridgehead atoms. The van der Waals surface area contributed by atoms with Crippen LogP contribution >= 0.6 is 0 Å². The van der Waals surface area contributed by atoms with Gasteiger partial charge in [-0.2, -0.15) is 10.2 Å². The van der Waals surface area contributed by atoms with E-state index in [4.69, 9.17) is 8.83 Å². The molecule has 2 heterocycles. The van der Waals surface area contributed by atoms with Gasteiger partial charge in [0.2, 0.25) is 0 Å². The van der Waals surface area contributed by atoms with Gasteiger partial charge in [-0.3, -0.25) is 0 Å². The molecule has 0 N–H and O–H groups in total. The molecule has 0 fully saturated rings. The lowest BCUT2D eigenvalue weighted by Crippen LogP contribution is -1.74. The summed E-state index contributed by atoms with van der Waals surface area (Å²) in [5.74, 6) is 0. The van der Waals surface area contributed by atoms with Crippen molar-refractivity contribution in [1.82, 2.24) is 0 Å². The Morgan fingerprint density at radius 3 is 1.71 bits per heavy atom. The van der Waals surface area contributed by atoms with Crippen LogP contribution < -0.4 is 0 Å². The molecule has 0 saturated carbocycles. The van der Waals surface area contributed by atoms with Crippen LogP contribution in [0.5, 0.6) is 0 Å². The van der Waals surface area contributed by atoms with E-state index in [2.05, 4.69) is 10.2 Å². The second-order valence-corrected chi connectivity index (χ2v) is 2.60. The maximum Gasteiger partial charge on any atom is 0.0991 e. The monoisotopic (exact) mass is 188 g/mol. The lowest BCUT2D eigenvalue weighted by molar-refractivity contribution is 0.566. The number of furan rings is 2. The Hall–Kier alpha value is -2.10. The molecule has 0 aliphatic rings. The van der Waals surface area contributed by atoms with Crippen LogP contribution in [0.3, 0.4) is 0 Å². The van der Waals surface area contributed by atoms with E-state index in [1.165, 1.54) is 0 Å². The fourth-order valence-corrected chi connectivity index (χ4v) is 0.897. The van der Waals surface area contributed by atoms with Crippen molar-refractivity contribution >= 4 is 12.4 Å². The second kappa shape index (κ2) is 4.23. The Balaban J connectivity index is 1.94. The Morgan fingerprint density at radius 1 is 0.857 bits per heavy atom. The van der Waals surface area contributed by atoms with Crippen molar-refractivity contribution in [2.45, 2.75) is 0 Å². The van der Waals surface area contributed by atoms with Gasteiger partial charge in [0.1, 0.15) is 0 Å². The van der Waals surface area contributed by atoms with E-state index in [1.807, 2.05) is 0 Å². The molecule has 4 nitrogen and oxygen atoms in total. The quantitative estimate of drug-likeness (QED) is 0.548. The molecule has 0 amide bonds. The molecular formula is C10H8N2O2. The van der Waals surface area contributed by atoms with Crippen LogP contribution in [0.15, 0.2) is 56.2 Å². The summed E-state index contributed by atoms with van der Waals surface area (Å²) in [6.45, 7) is 0. The van der Waals surface area contributed by atoms with Gasteiger partial charge in [0.25, 0.3) is 0 Å². The zero-order valence-electron chi connectivity index (χ0n) is 7.33. The van der Waals surface area contributed by atoms with Gasteiger partial charge in [0.05, 0.1) is 37.5 Å². The molecule has 0 aliphatic heterocycles. The van der Waals surface area contributed by atoms with Crippen molar-refractivity contribution in [3.05, 3.63) is 48.3 Å². The van der Waals surface area contributed by atoms with Crippen molar-refractivity contribution in [1.29, 1.82) is 0 Å². The molecule has 2 aromatic rings. The third-order valence-corrected chi connectivity index (χ3v) is 1.57. The summed E-state index contributed by atoms with van der Waals surface area (Å²) in [6.07, 6.45) is 9.58. The molecule has 70 valence electrons. The standard InChI is InChI=1S/C10H8N2O2/c1-3-13-7-9(1)5-11-12-6-10-2-4-14-8-10/h1-8H/b11-5-,12-6-. The highest BCUT2D eigenvalue weighted by Gasteiger charge is 1.87. The maximum atomic E-state index is 4.86. The smallest absolute Gasteiger partial charge is 0.0991 e. The minimum absolute atomic E-state index is 0.884. The Bertz CT molecular complexity index is 371. The third kappa shape index (κ3) is 2.20. The first-order valence-electron chi connectivity index (χ1n) is 4.06. The molecule has 0 saturated heterocycles.